The van der Waals surface area contributed by atoms with E-state index in [0.717, 1.165) is 28.2 Å². The number of nitrogens with zero attached hydrogens (tertiary/aromatic N) is 4. The Bertz CT molecular complexity index is 779. The second-order valence-corrected chi connectivity index (χ2v) is 5.56. The molecule has 106 valence electrons. The molecule has 3 aromatic rings. The number of fused-ring (bicyclic) bond motifs is 1. The van der Waals surface area contributed by atoms with Crippen molar-refractivity contribution in [2.45, 2.75) is 25.3 Å². The second-order valence-electron chi connectivity index (χ2n) is 5.56. The average molecular weight is 280 g/mol. The van der Waals surface area contributed by atoms with Gasteiger partial charge in [-0.3, -0.25) is 0 Å². The molecule has 1 aliphatic carbocycles. The van der Waals surface area contributed by atoms with Crippen molar-refractivity contribution in [1.29, 1.82) is 0 Å². The smallest absolute Gasteiger partial charge is 0.167 e. The fraction of sp³-hybridized carbons (Fsp3) is 0.312. The summed E-state index contributed by atoms with van der Waals surface area (Å²) in [4.78, 5) is 10.8. The van der Waals surface area contributed by atoms with Crippen LogP contribution in [0.5, 0.6) is 0 Å². The molecule has 0 amide bonds. The first-order valence-electron chi connectivity index (χ1n) is 7.17. The molecule has 0 N–H and O–H groups in total. The number of rotatable bonds is 4. The van der Waals surface area contributed by atoms with Crippen molar-refractivity contribution in [2.24, 2.45) is 0 Å². The quantitative estimate of drug-likeness (QED) is 0.735. The molecule has 1 aromatic carbocycles. The van der Waals surface area contributed by atoms with Gasteiger partial charge in [-0.2, -0.15) is 0 Å². The third-order valence-electron chi connectivity index (χ3n) is 3.90. The monoisotopic (exact) mass is 280 g/mol. The number of hydrogen-bond acceptors (Lipinski definition) is 5. The second kappa shape index (κ2) is 4.84. The van der Waals surface area contributed by atoms with Crippen LogP contribution in [0, 0.1) is 0 Å². The highest BCUT2D eigenvalue weighted by atomic mass is 16.5. The lowest BCUT2D eigenvalue weighted by Gasteiger charge is -2.17. The molecule has 5 heteroatoms. The molecule has 21 heavy (non-hydrogen) atoms. The van der Waals surface area contributed by atoms with E-state index in [4.69, 9.17) is 4.52 Å². The van der Waals surface area contributed by atoms with Gasteiger partial charge in [0.25, 0.3) is 0 Å². The molecule has 0 spiro atoms. The van der Waals surface area contributed by atoms with Crippen LogP contribution in [0.1, 0.15) is 30.1 Å². The van der Waals surface area contributed by atoms with Gasteiger partial charge in [-0.25, -0.2) is 9.97 Å². The maximum atomic E-state index is 5.35. The van der Waals surface area contributed by atoms with E-state index in [1.807, 2.05) is 31.3 Å². The zero-order valence-corrected chi connectivity index (χ0v) is 11.9. The van der Waals surface area contributed by atoms with Crippen LogP contribution in [0.2, 0.25) is 0 Å². The van der Waals surface area contributed by atoms with Gasteiger partial charge in [-0.05, 0) is 25.0 Å². The fourth-order valence-corrected chi connectivity index (χ4v) is 2.53. The molecule has 0 unspecified atom stereocenters. The molecule has 1 aliphatic rings. The fourth-order valence-electron chi connectivity index (χ4n) is 2.53. The first-order chi connectivity index (χ1) is 10.3. The highest BCUT2D eigenvalue weighted by Crippen LogP contribution is 2.39. The summed E-state index contributed by atoms with van der Waals surface area (Å²) < 4.78 is 5.35. The molecule has 0 aliphatic heterocycles. The standard InChI is InChI=1S/C16H16N4O/c1-20(16-8-13(11-6-7-11)17-10-18-16)9-14-12-4-2-3-5-15(12)21-19-14/h2-5,8,10-11H,6-7,9H2,1H3. The van der Waals surface area contributed by atoms with Crippen molar-refractivity contribution < 1.29 is 4.52 Å². The van der Waals surface area contributed by atoms with Crippen LogP contribution in [0.4, 0.5) is 5.82 Å². The van der Waals surface area contributed by atoms with Gasteiger partial charge in [0.1, 0.15) is 17.8 Å². The first kappa shape index (κ1) is 12.3. The Morgan fingerprint density at radius 2 is 2.10 bits per heavy atom. The van der Waals surface area contributed by atoms with Gasteiger partial charge in [-0.1, -0.05) is 17.3 Å². The highest BCUT2D eigenvalue weighted by Gasteiger charge is 2.25. The Kier molecular flexibility index (Phi) is 2.84. The van der Waals surface area contributed by atoms with Gasteiger partial charge in [-0.15, -0.1) is 0 Å². The van der Waals surface area contributed by atoms with E-state index in [0.29, 0.717) is 12.5 Å². The number of anilines is 1. The van der Waals surface area contributed by atoms with E-state index in [2.05, 4.69) is 26.1 Å². The Morgan fingerprint density at radius 3 is 2.95 bits per heavy atom. The molecular weight excluding hydrogens is 264 g/mol. The molecule has 0 radical (unpaired) electrons. The maximum Gasteiger partial charge on any atom is 0.167 e. The molecule has 5 nitrogen and oxygen atoms in total. The summed E-state index contributed by atoms with van der Waals surface area (Å²) in [6, 6.07) is 10.00. The molecule has 0 bridgehead atoms. The summed E-state index contributed by atoms with van der Waals surface area (Å²) in [6.07, 6.45) is 4.14. The number of hydrogen-bond donors (Lipinski definition) is 0. The Balaban J connectivity index is 1.60. The van der Waals surface area contributed by atoms with Crippen LogP contribution >= 0.6 is 0 Å². The van der Waals surface area contributed by atoms with Crippen LogP contribution < -0.4 is 4.90 Å². The molecular formula is C16H16N4O. The van der Waals surface area contributed by atoms with Crippen molar-refractivity contribution >= 4 is 16.8 Å². The highest BCUT2D eigenvalue weighted by molar-refractivity contribution is 5.79. The van der Waals surface area contributed by atoms with Gasteiger partial charge in [0.2, 0.25) is 0 Å². The average Bonchev–Trinajstić information content (AvgIpc) is 3.30. The molecule has 2 aromatic heterocycles. The Morgan fingerprint density at radius 1 is 1.24 bits per heavy atom. The van der Waals surface area contributed by atoms with Gasteiger partial charge in [0.15, 0.2) is 5.58 Å². The van der Waals surface area contributed by atoms with Crippen LogP contribution in [0.25, 0.3) is 11.0 Å². The van der Waals surface area contributed by atoms with Crippen LogP contribution in [-0.4, -0.2) is 22.2 Å². The van der Waals surface area contributed by atoms with Crippen molar-refractivity contribution in [3.63, 3.8) is 0 Å². The van der Waals surface area contributed by atoms with Crippen molar-refractivity contribution in [2.75, 3.05) is 11.9 Å². The SMILES string of the molecule is CN(Cc1noc2ccccc12)c1cc(C2CC2)ncn1. The third kappa shape index (κ3) is 2.35. The van der Waals surface area contributed by atoms with Crippen LogP contribution in [0.15, 0.2) is 41.2 Å². The maximum absolute atomic E-state index is 5.35. The summed E-state index contributed by atoms with van der Waals surface area (Å²) in [5, 5.41) is 5.23. The van der Waals surface area contributed by atoms with Crippen molar-refractivity contribution in [3.05, 3.63) is 48.0 Å². The molecule has 0 atom stereocenters. The van der Waals surface area contributed by atoms with E-state index in [9.17, 15) is 0 Å². The normalized spacial score (nSPS) is 14.5. The number of benzene rings is 1. The predicted octanol–water partition coefficient (Wildman–Crippen LogP) is 3.13. The minimum atomic E-state index is 0.632. The van der Waals surface area contributed by atoms with Crippen molar-refractivity contribution in [1.82, 2.24) is 15.1 Å². The van der Waals surface area contributed by atoms with Gasteiger partial charge < -0.3 is 9.42 Å². The van der Waals surface area contributed by atoms with E-state index >= 15 is 0 Å². The molecule has 1 fully saturated rings. The first-order valence-corrected chi connectivity index (χ1v) is 7.17. The van der Waals surface area contributed by atoms with Gasteiger partial charge in [0.05, 0.1) is 6.54 Å². The van der Waals surface area contributed by atoms with E-state index in [1.165, 1.54) is 12.8 Å². The van der Waals surface area contributed by atoms with Crippen LogP contribution in [-0.2, 0) is 6.54 Å². The van der Waals surface area contributed by atoms with Gasteiger partial charge >= 0.3 is 0 Å². The van der Waals surface area contributed by atoms with E-state index in [1.54, 1.807) is 6.33 Å². The van der Waals surface area contributed by atoms with E-state index < -0.39 is 0 Å². The lowest BCUT2D eigenvalue weighted by Crippen LogP contribution is -2.18. The topological polar surface area (TPSA) is 55.1 Å². The van der Waals surface area contributed by atoms with Crippen molar-refractivity contribution in [3.8, 4) is 0 Å². The minimum absolute atomic E-state index is 0.632. The summed E-state index contributed by atoms with van der Waals surface area (Å²) in [6.45, 7) is 0.665. The molecule has 0 saturated heterocycles. The summed E-state index contributed by atoms with van der Waals surface area (Å²) in [7, 11) is 2.02. The largest absolute Gasteiger partial charge is 0.356 e. The van der Waals surface area contributed by atoms with E-state index in [-0.39, 0.29) is 0 Å². The summed E-state index contributed by atoms with van der Waals surface area (Å²) >= 11 is 0. The molecule has 2 heterocycles. The molecule has 4 rings (SSSR count). The minimum Gasteiger partial charge on any atom is -0.356 e. The number of para-hydroxylation sites is 1. The Hall–Kier alpha value is -2.43. The lowest BCUT2D eigenvalue weighted by molar-refractivity contribution is 0.445. The summed E-state index contributed by atoms with van der Waals surface area (Å²) in [5.41, 5.74) is 2.90. The lowest BCUT2D eigenvalue weighted by atomic mass is 10.2. The predicted molar refractivity (Wildman–Crippen MR) is 80.1 cm³/mol. The number of aromatic nitrogens is 3. The summed E-state index contributed by atoms with van der Waals surface area (Å²) in [5.74, 6) is 1.56. The Labute approximate surface area is 122 Å². The van der Waals surface area contributed by atoms with Gasteiger partial charge in [0, 0.05) is 30.1 Å². The van der Waals surface area contributed by atoms with Crippen LogP contribution in [0.3, 0.4) is 0 Å². The molecule has 1 saturated carbocycles. The zero-order valence-electron chi connectivity index (χ0n) is 11.9. The third-order valence-corrected chi connectivity index (χ3v) is 3.90. The zero-order chi connectivity index (χ0) is 14.2.